The number of carbonyl (C=O) groups excluding carboxylic acids is 2. The van der Waals surface area contributed by atoms with Gasteiger partial charge in [-0.15, -0.1) is 0 Å². The molecule has 0 fully saturated rings. The number of nitrogens with one attached hydrogen (secondary N) is 1. The third-order valence-corrected chi connectivity index (χ3v) is 5.61. The van der Waals surface area contributed by atoms with Gasteiger partial charge in [-0.05, 0) is 76.1 Å². The van der Waals surface area contributed by atoms with E-state index in [2.05, 4.69) is 41.9 Å². The normalized spacial score (nSPS) is 10.9. The van der Waals surface area contributed by atoms with Crippen molar-refractivity contribution in [3.63, 3.8) is 0 Å². The monoisotopic (exact) mass is 586 g/mol. The van der Waals surface area contributed by atoms with E-state index in [0.29, 0.717) is 31.5 Å². The number of methoxy groups -OCH3 is 1. The summed E-state index contributed by atoms with van der Waals surface area (Å²) in [6, 6.07) is 17.4. The predicted octanol–water partition coefficient (Wildman–Crippen LogP) is 6.26. The molecule has 0 aromatic heterocycles. The zero-order valence-electron chi connectivity index (χ0n) is 17.8. The van der Waals surface area contributed by atoms with E-state index in [1.807, 2.05) is 6.07 Å². The maximum atomic E-state index is 13.2. The molecule has 34 heavy (non-hydrogen) atoms. The Labute approximate surface area is 212 Å². The zero-order valence-corrected chi connectivity index (χ0v) is 20.9. The summed E-state index contributed by atoms with van der Waals surface area (Å²) in [5.41, 5.74) is 1.81. The second-order valence-electron chi connectivity index (χ2n) is 6.91. The number of hydrogen-bond acceptors (Lipinski definition) is 5. The van der Waals surface area contributed by atoms with Gasteiger partial charge in [0.1, 0.15) is 29.8 Å². The number of carbonyl (C=O) groups is 2. The Morgan fingerprint density at radius 1 is 1.09 bits per heavy atom. The molecule has 1 amide bonds. The molecule has 0 bridgehead atoms. The minimum absolute atomic E-state index is 0.155. The first-order valence-electron chi connectivity index (χ1n) is 9.78. The molecule has 3 rings (SSSR count). The summed E-state index contributed by atoms with van der Waals surface area (Å²) in [6.07, 6.45) is 1.41. The number of benzene rings is 3. The van der Waals surface area contributed by atoms with Gasteiger partial charge in [-0.1, -0.05) is 28.1 Å². The lowest BCUT2D eigenvalue weighted by Gasteiger charge is -2.13. The lowest BCUT2D eigenvalue weighted by atomic mass is 10.1. The summed E-state index contributed by atoms with van der Waals surface area (Å²) in [6.45, 7) is 0.155. The van der Waals surface area contributed by atoms with E-state index in [9.17, 15) is 19.2 Å². The molecule has 0 aliphatic rings. The standard InChI is InChI=1S/C25H17Br2FN2O4/c1-33-25(32)16-4-8-21(9-5-16)30-24(31)18(13-29)10-17-11-19(26)12-22(27)23(17)34-14-15-2-6-20(28)7-3-15/h2-12H,14H2,1H3,(H,30,31)/b18-10+. The lowest BCUT2D eigenvalue weighted by molar-refractivity contribution is -0.112. The number of anilines is 1. The predicted molar refractivity (Wildman–Crippen MR) is 133 cm³/mol. The average molecular weight is 588 g/mol. The van der Waals surface area contributed by atoms with Crippen LogP contribution in [0.1, 0.15) is 21.5 Å². The average Bonchev–Trinajstić information content (AvgIpc) is 2.82. The van der Waals surface area contributed by atoms with Crippen LogP contribution in [0.2, 0.25) is 0 Å². The van der Waals surface area contributed by atoms with Gasteiger partial charge in [0.25, 0.3) is 5.91 Å². The second-order valence-corrected chi connectivity index (χ2v) is 8.68. The first kappa shape index (κ1) is 25.1. The van der Waals surface area contributed by atoms with Gasteiger partial charge < -0.3 is 14.8 Å². The van der Waals surface area contributed by atoms with Crippen molar-refractivity contribution in [2.45, 2.75) is 6.61 Å². The minimum Gasteiger partial charge on any atom is -0.487 e. The number of hydrogen-bond donors (Lipinski definition) is 1. The third-order valence-electron chi connectivity index (χ3n) is 4.56. The van der Waals surface area contributed by atoms with Gasteiger partial charge in [0.2, 0.25) is 0 Å². The summed E-state index contributed by atoms with van der Waals surface area (Å²) in [4.78, 5) is 24.3. The number of ether oxygens (including phenoxy) is 2. The summed E-state index contributed by atoms with van der Waals surface area (Å²) in [5.74, 6) is -1.06. The van der Waals surface area contributed by atoms with Crippen LogP contribution in [-0.4, -0.2) is 19.0 Å². The number of nitrogens with zero attached hydrogens (tertiary/aromatic N) is 1. The highest BCUT2D eigenvalue weighted by atomic mass is 79.9. The maximum absolute atomic E-state index is 13.2. The molecular weight excluding hydrogens is 571 g/mol. The topological polar surface area (TPSA) is 88.4 Å². The molecule has 0 aliphatic carbocycles. The summed E-state index contributed by atoms with van der Waals surface area (Å²) < 4.78 is 25.0. The van der Waals surface area contributed by atoms with Crippen LogP contribution in [0.5, 0.6) is 5.75 Å². The number of halogens is 3. The van der Waals surface area contributed by atoms with E-state index >= 15 is 0 Å². The Balaban J connectivity index is 1.84. The Morgan fingerprint density at radius 2 is 1.76 bits per heavy atom. The SMILES string of the molecule is COC(=O)c1ccc(NC(=O)/C(C#N)=C/c2cc(Br)cc(Br)c2OCc2ccc(F)cc2)cc1. The molecule has 0 heterocycles. The molecule has 9 heteroatoms. The van der Waals surface area contributed by atoms with Gasteiger partial charge in [0.05, 0.1) is 17.1 Å². The van der Waals surface area contributed by atoms with Crippen LogP contribution >= 0.6 is 31.9 Å². The van der Waals surface area contributed by atoms with Gasteiger partial charge in [-0.25, -0.2) is 9.18 Å². The van der Waals surface area contributed by atoms with Crippen molar-refractivity contribution < 1.29 is 23.5 Å². The molecule has 0 spiro atoms. The number of esters is 1. The Bertz CT molecular complexity index is 1280. The van der Waals surface area contributed by atoms with Crippen molar-refractivity contribution in [3.8, 4) is 11.8 Å². The third kappa shape index (κ3) is 6.53. The van der Waals surface area contributed by atoms with Crippen LogP contribution in [0.3, 0.4) is 0 Å². The second kappa shape index (κ2) is 11.6. The summed E-state index contributed by atoms with van der Waals surface area (Å²) >= 11 is 6.85. The molecule has 3 aromatic carbocycles. The molecule has 0 unspecified atom stereocenters. The highest BCUT2D eigenvalue weighted by Gasteiger charge is 2.15. The molecule has 0 saturated carbocycles. The van der Waals surface area contributed by atoms with Gasteiger partial charge in [0.15, 0.2) is 0 Å². The molecule has 172 valence electrons. The number of nitriles is 1. The Kier molecular flexibility index (Phi) is 8.57. The van der Waals surface area contributed by atoms with Gasteiger partial charge in [0, 0.05) is 15.7 Å². The molecule has 0 aliphatic heterocycles. The fraction of sp³-hybridized carbons (Fsp3) is 0.0800. The fourth-order valence-corrected chi connectivity index (χ4v) is 4.26. The van der Waals surface area contributed by atoms with Crippen molar-refractivity contribution in [2.75, 3.05) is 12.4 Å². The first-order valence-corrected chi connectivity index (χ1v) is 11.4. The molecular formula is C25H17Br2FN2O4. The van der Waals surface area contributed by atoms with Crippen LogP contribution in [0, 0.1) is 17.1 Å². The highest BCUT2D eigenvalue weighted by molar-refractivity contribution is 9.11. The van der Waals surface area contributed by atoms with Crippen molar-refractivity contribution >= 4 is 55.5 Å². The van der Waals surface area contributed by atoms with Crippen LogP contribution in [0.15, 0.2) is 75.2 Å². The smallest absolute Gasteiger partial charge is 0.337 e. The van der Waals surface area contributed by atoms with Crippen LogP contribution in [0.4, 0.5) is 10.1 Å². The Morgan fingerprint density at radius 3 is 2.38 bits per heavy atom. The largest absolute Gasteiger partial charge is 0.487 e. The number of amides is 1. The summed E-state index contributed by atoms with van der Waals surface area (Å²) in [5, 5.41) is 12.2. The van der Waals surface area contributed by atoms with Crippen LogP contribution in [-0.2, 0) is 16.1 Å². The van der Waals surface area contributed by atoms with E-state index in [0.717, 1.165) is 5.56 Å². The van der Waals surface area contributed by atoms with Crippen LogP contribution in [0.25, 0.3) is 6.08 Å². The summed E-state index contributed by atoms with van der Waals surface area (Å²) in [7, 11) is 1.28. The molecule has 0 saturated heterocycles. The van der Waals surface area contributed by atoms with Gasteiger partial charge in [-0.2, -0.15) is 5.26 Å². The van der Waals surface area contributed by atoms with E-state index < -0.39 is 11.9 Å². The quantitative estimate of drug-likeness (QED) is 0.200. The van der Waals surface area contributed by atoms with Gasteiger partial charge >= 0.3 is 5.97 Å². The van der Waals surface area contributed by atoms with Gasteiger partial charge in [-0.3, -0.25) is 4.79 Å². The molecule has 0 radical (unpaired) electrons. The van der Waals surface area contributed by atoms with E-state index in [1.54, 1.807) is 24.3 Å². The number of rotatable bonds is 7. The zero-order chi connectivity index (χ0) is 24.7. The highest BCUT2D eigenvalue weighted by Crippen LogP contribution is 2.35. The van der Waals surface area contributed by atoms with E-state index in [1.165, 1.54) is 49.6 Å². The molecule has 6 nitrogen and oxygen atoms in total. The van der Waals surface area contributed by atoms with Crippen molar-refractivity contribution in [2.24, 2.45) is 0 Å². The van der Waals surface area contributed by atoms with Crippen LogP contribution < -0.4 is 10.1 Å². The van der Waals surface area contributed by atoms with Crippen molar-refractivity contribution in [1.29, 1.82) is 5.26 Å². The fourth-order valence-electron chi connectivity index (χ4n) is 2.89. The first-order chi connectivity index (χ1) is 16.3. The molecule has 0 atom stereocenters. The molecule has 3 aromatic rings. The lowest BCUT2D eigenvalue weighted by Crippen LogP contribution is -2.13. The van der Waals surface area contributed by atoms with Crippen molar-refractivity contribution in [3.05, 3.63) is 97.7 Å². The minimum atomic E-state index is -0.631. The maximum Gasteiger partial charge on any atom is 0.337 e. The molecule has 1 N–H and O–H groups in total. The Hall–Kier alpha value is -3.48. The van der Waals surface area contributed by atoms with E-state index in [4.69, 9.17) is 4.74 Å². The van der Waals surface area contributed by atoms with E-state index in [-0.39, 0.29) is 18.0 Å². The van der Waals surface area contributed by atoms with Crippen molar-refractivity contribution in [1.82, 2.24) is 0 Å².